The Hall–Kier alpha value is -2.15. The van der Waals surface area contributed by atoms with Crippen molar-refractivity contribution in [2.45, 2.75) is 12.5 Å². The lowest BCUT2D eigenvalue weighted by atomic mass is 10.2. The van der Waals surface area contributed by atoms with Gasteiger partial charge in [-0.2, -0.15) is 0 Å². The van der Waals surface area contributed by atoms with Gasteiger partial charge in [0.05, 0.1) is 0 Å². The summed E-state index contributed by atoms with van der Waals surface area (Å²) in [7, 11) is 1.44. The molecular formula is C12H15FN2O4. The van der Waals surface area contributed by atoms with E-state index in [1.807, 2.05) is 0 Å². The van der Waals surface area contributed by atoms with E-state index >= 15 is 0 Å². The van der Waals surface area contributed by atoms with E-state index in [9.17, 15) is 14.0 Å². The van der Waals surface area contributed by atoms with Crippen molar-refractivity contribution in [3.8, 4) is 0 Å². The monoisotopic (exact) mass is 270 g/mol. The summed E-state index contributed by atoms with van der Waals surface area (Å²) < 4.78 is 17.6. The lowest BCUT2D eigenvalue weighted by molar-refractivity contribution is -0.139. The van der Waals surface area contributed by atoms with Gasteiger partial charge in [-0.25, -0.2) is 14.0 Å². The number of carbonyl (C=O) groups excluding carboxylic acids is 1. The average Bonchev–Trinajstić information content (AvgIpc) is 2.34. The quantitative estimate of drug-likeness (QED) is 0.729. The van der Waals surface area contributed by atoms with Crippen molar-refractivity contribution in [3.63, 3.8) is 0 Å². The SMILES string of the molecule is COCCC(NC(=O)Nc1cccc(F)c1)C(=O)O. The molecule has 1 rings (SSSR count). The normalized spacial score (nSPS) is 11.7. The lowest BCUT2D eigenvalue weighted by Crippen LogP contribution is -2.43. The Bertz CT molecular complexity index is 453. The van der Waals surface area contributed by atoms with Gasteiger partial charge in [0.1, 0.15) is 11.9 Å². The third kappa shape index (κ3) is 5.35. The third-order valence-electron chi connectivity index (χ3n) is 2.30. The molecule has 0 saturated heterocycles. The summed E-state index contributed by atoms with van der Waals surface area (Å²) >= 11 is 0. The number of urea groups is 1. The third-order valence-corrected chi connectivity index (χ3v) is 2.30. The van der Waals surface area contributed by atoms with Gasteiger partial charge >= 0.3 is 12.0 Å². The van der Waals surface area contributed by atoms with E-state index in [4.69, 9.17) is 9.84 Å². The summed E-state index contributed by atoms with van der Waals surface area (Å²) in [5, 5.41) is 13.5. The predicted molar refractivity (Wildman–Crippen MR) is 66.5 cm³/mol. The molecule has 0 radical (unpaired) electrons. The molecule has 0 saturated carbocycles. The average molecular weight is 270 g/mol. The molecule has 1 atom stereocenters. The number of carbonyl (C=O) groups is 2. The van der Waals surface area contributed by atoms with Crippen molar-refractivity contribution < 1.29 is 23.8 Å². The maximum absolute atomic E-state index is 12.9. The summed E-state index contributed by atoms with van der Waals surface area (Å²) in [5.74, 6) is -1.65. The number of anilines is 1. The van der Waals surface area contributed by atoms with Crippen molar-refractivity contribution in [1.29, 1.82) is 0 Å². The largest absolute Gasteiger partial charge is 0.480 e. The minimum absolute atomic E-state index is 0.141. The molecule has 6 nitrogen and oxygen atoms in total. The first-order chi connectivity index (χ1) is 9.02. The summed E-state index contributed by atoms with van der Waals surface area (Å²) in [4.78, 5) is 22.4. The molecule has 0 aliphatic heterocycles. The predicted octanol–water partition coefficient (Wildman–Crippen LogP) is 1.44. The van der Waals surface area contributed by atoms with Crippen LogP contribution in [0.5, 0.6) is 0 Å². The van der Waals surface area contributed by atoms with Crippen molar-refractivity contribution >= 4 is 17.7 Å². The van der Waals surface area contributed by atoms with E-state index in [2.05, 4.69) is 10.6 Å². The topological polar surface area (TPSA) is 87.7 Å². The van der Waals surface area contributed by atoms with Crippen LogP contribution in [0.4, 0.5) is 14.9 Å². The van der Waals surface area contributed by atoms with Crippen molar-refractivity contribution in [2.24, 2.45) is 0 Å². The molecule has 0 heterocycles. The first-order valence-corrected chi connectivity index (χ1v) is 5.57. The molecule has 1 aromatic rings. The highest BCUT2D eigenvalue weighted by atomic mass is 19.1. The second kappa shape index (κ2) is 7.32. The van der Waals surface area contributed by atoms with E-state index in [0.29, 0.717) is 0 Å². The Morgan fingerprint density at radius 1 is 1.47 bits per heavy atom. The van der Waals surface area contributed by atoms with Gasteiger partial charge in [-0.3, -0.25) is 0 Å². The Morgan fingerprint density at radius 3 is 2.79 bits per heavy atom. The zero-order chi connectivity index (χ0) is 14.3. The maximum atomic E-state index is 12.9. The number of ether oxygens (including phenoxy) is 1. The molecule has 3 N–H and O–H groups in total. The highest BCUT2D eigenvalue weighted by Crippen LogP contribution is 2.08. The van der Waals surface area contributed by atoms with Crippen molar-refractivity contribution in [1.82, 2.24) is 5.32 Å². The minimum atomic E-state index is -1.16. The summed E-state index contributed by atoms with van der Waals surface area (Å²) in [6.07, 6.45) is 0.141. The van der Waals surface area contributed by atoms with Crippen molar-refractivity contribution in [3.05, 3.63) is 30.1 Å². The van der Waals surface area contributed by atoms with Gasteiger partial charge in [0.25, 0.3) is 0 Å². The van der Waals surface area contributed by atoms with Gasteiger partial charge in [0.2, 0.25) is 0 Å². The number of hydrogen-bond acceptors (Lipinski definition) is 3. The zero-order valence-electron chi connectivity index (χ0n) is 10.4. The number of carboxylic acid groups (broad SMARTS) is 1. The van der Waals surface area contributed by atoms with Crippen LogP contribution in [0.25, 0.3) is 0 Å². The lowest BCUT2D eigenvalue weighted by Gasteiger charge is -2.14. The summed E-state index contributed by atoms with van der Waals surface area (Å²) in [6.45, 7) is 0.206. The van der Waals surface area contributed by atoms with Crippen LogP contribution in [0.3, 0.4) is 0 Å². The van der Waals surface area contributed by atoms with Crippen LogP contribution >= 0.6 is 0 Å². The second-order valence-corrected chi connectivity index (χ2v) is 3.78. The number of carboxylic acids is 1. The number of nitrogens with one attached hydrogen (secondary N) is 2. The van der Waals surface area contributed by atoms with E-state index in [0.717, 1.165) is 6.07 Å². The highest BCUT2D eigenvalue weighted by molar-refractivity contribution is 5.92. The molecule has 19 heavy (non-hydrogen) atoms. The molecule has 2 amide bonds. The zero-order valence-corrected chi connectivity index (χ0v) is 10.4. The van der Waals surface area contributed by atoms with Gasteiger partial charge in [-0.15, -0.1) is 0 Å². The number of methoxy groups -OCH3 is 1. The molecule has 0 bridgehead atoms. The summed E-state index contributed by atoms with van der Waals surface area (Å²) in [6, 6.07) is 3.52. The number of rotatable bonds is 6. The number of aliphatic carboxylic acids is 1. The van der Waals surface area contributed by atoms with Crippen LogP contribution in [-0.2, 0) is 9.53 Å². The number of halogens is 1. The molecule has 104 valence electrons. The Kier molecular flexibility index (Phi) is 5.74. The Labute approximate surface area is 109 Å². The Balaban J connectivity index is 2.55. The van der Waals surface area contributed by atoms with Crippen LogP contribution in [-0.4, -0.2) is 36.9 Å². The molecule has 0 aromatic heterocycles. The van der Waals surface area contributed by atoms with Gasteiger partial charge in [0, 0.05) is 25.8 Å². The summed E-state index contributed by atoms with van der Waals surface area (Å²) in [5.41, 5.74) is 0.244. The number of amides is 2. The molecule has 0 aliphatic carbocycles. The fourth-order valence-electron chi connectivity index (χ4n) is 1.38. The number of hydrogen-bond donors (Lipinski definition) is 3. The molecule has 7 heteroatoms. The molecular weight excluding hydrogens is 255 g/mol. The molecule has 1 aromatic carbocycles. The standard InChI is InChI=1S/C12H15FN2O4/c1-19-6-5-10(11(16)17)15-12(18)14-9-4-2-3-8(13)7-9/h2-4,7,10H,5-6H2,1H3,(H,16,17)(H2,14,15,18). The van der Waals surface area contributed by atoms with Crippen LogP contribution < -0.4 is 10.6 Å². The fourth-order valence-corrected chi connectivity index (χ4v) is 1.38. The highest BCUT2D eigenvalue weighted by Gasteiger charge is 2.19. The van der Waals surface area contributed by atoms with E-state index < -0.39 is 23.9 Å². The van der Waals surface area contributed by atoms with Crippen LogP contribution in [0.15, 0.2) is 24.3 Å². The first-order valence-electron chi connectivity index (χ1n) is 5.57. The van der Waals surface area contributed by atoms with Crippen LogP contribution in [0.2, 0.25) is 0 Å². The van der Waals surface area contributed by atoms with Crippen LogP contribution in [0, 0.1) is 5.82 Å². The van der Waals surface area contributed by atoms with Gasteiger partial charge < -0.3 is 20.5 Å². The maximum Gasteiger partial charge on any atom is 0.326 e. The Morgan fingerprint density at radius 2 is 2.21 bits per heavy atom. The minimum Gasteiger partial charge on any atom is -0.480 e. The van der Waals surface area contributed by atoms with Crippen LogP contribution in [0.1, 0.15) is 6.42 Å². The van der Waals surface area contributed by atoms with Gasteiger partial charge in [0.15, 0.2) is 0 Å². The van der Waals surface area contributed by atoms with E-state index in [1.54, 1.807) is 0 Å². The number of benzene rings is 1. The molecule has 1 unspecified atom stereocenters. The van der Waals surface area contributed by atoms with Crippen molar-refractivity contribution in [2.75, 3.05) is 19.0 Å². The van der Waals surface area contributed by atoms with E-state index in [1.165, 1.54) is 25.3 Å². The molecule has 0 aliphatic rings. The second-order valence-electron chi connectivity index (χ2n) is 3.78. The fraction of sp³-hybridized carbons (Fsp3) is 0.333. The van der Waals surface area contributed by atoms with E-state index in [-0.39, 0.29) is 18.7 Å². The first kappa shape index (κ1) is 14.9. The smallest absolute Gasteiger partial charge is 0.326 e. The van der Waals surface area contributed by atoms with Gasteiger partial charge in [-0.1, -0.05) is 6.07 Å². The molecule has 0 spiro atoms. The van der Waals surface area contributed by atoms with Gasteiger partial charge in [-0.05, 0) is 18.2 Å². The molecule has 0 fully saturated rings.